The first-order valence-corrected chi connectivity index (χ1v) is 7.44. The zero-order valence-electron chi connectivity index (χ0n) is 9.46. The van der Waals surface area contributed by atoms with Gasteiger partial charge in [0.15, 0.2) is 6.10 Å². The number of sulfonamides is 1. The van der Waals surface area contributed by atoms with Gasteiger partial charge >= 0.3 is 5.97 Å². The van der Waals surface area contributed by atoms with E-state index in [4.69, 9.17) is 5.11 Å². The Morgan fingerprint density at radius 2 is 2.00 bits per heavy atom. The molecule has 1 unspecified atom stereocenters. The van der Waals surface area contributed by atoms with Crippen molar-refractivity contribution >= 4 is 38.6 Å². The highest BCUT2D eigenvalue weighted by Crippen LogP contribution is 2.11. The van der Waals surface area contributed by atoms with Gasteiger partial charge in [0.1, 0.15) is 0 Å². The molecule has 0 bridgehead atoms. The number of benzene rings is 1. The second kappa shape index (κ2) is 6.45. The van der Waals surface area contributed by atoms with Gasteiger partial charge in [-0.2, -0.15) is 0 Å². The molecule has 0 aromatic heterocycles. The molecular weight excluding hydrogens is 373 g/mol. The van der Waals surface area contributed by atoms with Gasteiger partial charge < -0.3 is 9.84 Å². The molecule has 0 fully saturated rings. The molecule has 1 rings (SSSR count). The molecule has 0 amide bonds. The van der Waals surface area contributed by atoms with Crippen LogP contribution in [0.2, 0.25) is 0 Å². The van der Waals surface area contributed by atoms with E-state index in [1.54, 1.807) is 12.1 Å². The molecular formula is C10H12INO5S. The molecule has 0 heterocycles. The maximum absolute atomic E-state index is 11.8. The molecule has 1 aromatic carbocycles. The third kappa shape index (κ3) is 4.19. The average Bonchev–Trinajstić information content (AvgIpc) is 2.29. The Kier molecular flexibility index (Phi) is 5.50. The molecule has 100 valence electrons. The van der Waals surface area contributed by atoms with E-state index in [2.05, 4.69) is 32.0 Å². The first kappa shape index (κ1) is 15.3. The fraction of sp³-hybridized carbons (Fsp3) is 0.300. The van der Waals surface area contributed by atoms with Crippen molar-refractivity contribution < 1.29 is 23.1 Å². The van der Waals surface area contributed by atoms with Gasteiger partial charge in [-0.1, -0.05) is 0 Å². The lowest BCUT2D eigenvalue weighted by Gasteiger charge is -2.12. The summed E-state index contributed by atoms with van der Waals surface area (Å²) in [6.45, 7) is -0.319. The number of halogens is 1. The minimum absolute atomic E-state index is 0.0863. The van der Waals surface area contributed by atoms with E-state index < -0.39 is 22.1 Å². The lowest BCUT2D eigenvalue weighted by atomic mass is 10.4. The van der Waals surface area contributed by atoms with Crippen molar-refractivity contribution in [2.75, 3.05) is 13.7 Å². The number of hydrogen-bond acceptors (Lipinski definition) is 4. The molecule has 18 heavy (non-hydrogen) atoms. The maximum Gasteiger partial charge on any atom is 0.334 e. The first-order chi connectivity index (χ1) is 8.36. The topological polar surface area (TPSA) is 92.7 Å². The quantitative estimate of drug-likeness (QED) is 0.703. The van der Waals surface area contributed by atoms with E-state index in [0.29, 0.717) is 0 Å². The summed E-state index contributed by atoms with van der Waals surface area (Å²) in [5.74, 6) is -1.22. The predicted octanol–water partition coefficient (Wildman–Crippen LogP) is 0.669. The third-order valence-electron chi connectivity index (χ3n) is 2.14. The molecule has 0 aliphatic rings. The standard InChI is InChI=1S/C10H12INO5S/c1-17-9(10(13)14)6-12-18(15,16)8-4-2-7(11)3-5-8/h2-5,9,12H,6H2,1H3,(H,13,14). The average molecular weight is 385 g/mol. The predicted molar refractivity (Wildman–Crippen MR) is 72.8 cm³/mol. The molecule has 0 saturated heterocycles. The zero-order chi connectivity index (χ0) is 13.8. The Labute approximate surface area is 119 Å². The summed E-state index contributed by atoms with van der Waals surface area (Å²) >= 11 is 2.06. The van der Waals surface area contributed by atoms with Gasteiger partial charge in [0.25, 0.3) is 0 Å². The van der Waals surface area contributed by atoms with Crippen LogP contribution in [0.5, 0.6) is 0 Å². The van der Waals surface area contributed by atoms with Gasteiger partial charge in [-0.15, -0.1) is 0 Å². The molecule has 1 aromatic rings. The van der Waals surface area contributed by atoms with Crippen LogP contribution >= 0.6 is 22.6 Å². The van der Waals surface area contributed by atoms with Crippen LogP contribution in [0.15, 0.2) is 29.2 Å². The normalized spacial score (nSPS) is 13.2. The number of aliphatic carboxylic acids is 1. The fourth-order valence-corrected chi connectivity index (χ4v) is 2.55. The number of carboxylic acids is 1. The van der Waals surface area contributed by atoms with Crippen molar-refractivity contribution in [1.82, 2.24) is 4.72 Å². The highest BCUT2D eigenvalue weighted by atomic mass is 127. The summed E-state index contributed by atoms with van der Waals surface area (Å²) in [4.78, 5) is 10.8. The highest BCUT2D eigenvalue weighted by Gasteiger charge is 2.21. The Bertz CT molecular complexity index is 514. The van der Waals surface area contributed by atoms with Crippen LogP contribution in [-0.4, -0.2) is 39.3 Å². The smallest absolute Gasteiger partial charge is 0.334 e. The van der Waals surface area contributed by atoms with Crippen molar-refractivity contribution in [2.24, 2.45) is 0 Å². The van der Waals surface area contributed by atoms with Crippen LogP contribution in [0.25, 0.3) is 0 Å². The molecule has 0 aliphatic carbocycles. The van der Waals surface area contributed by atoms with Gasteiger partial charge in [0.2, 0.25) is 10.0 Å². The SMILES string of the molecule is COC(CNS(=O)(=O)c1ccc(I)cc1)C(=O)O. The minimum atomic E-state index is -3.71. The Morgan fingerprint density at radius 1 is 1.44 bits per heavy atom. The van der Waals surface area contributed by atoms with Gasteiger partial charge in [0.05, 0.1) is 4.90 Å². The number of nitrogens with one attached hydrogen (secondary N) is 1. The second-order valence-corrected chi connectivity index (χ2v) is 6.38. The number of hydrogen-bond donors (Lipinski definition) is 2. The van der Waals surface area contributed by atoms with Crippen LogP contribution in [0.4, 0.5) is 0 Å². The van der Waals surface area contributed by atoms with E-state index in [-0.39, 0.29) is 11.4 Å². The summed E-state index contributed by atoms with van der Waals surface area (Å²) in [7, 11) is -2.51. The second-order valence-electron chi connectivity index (χ2n) is 3.37. The molecule has 0 aliphatic heterocycles. The molecule has 2 N–H and O–H groups in total. The van der Waals surface area contributed by atoms with E-state index in [0.717, 1.165) is 3.57 Å². The highest BCUT2D eigenvalue weighted by molar-refractivity contribution is 14.1. The summed E-state index contributed by atoms with van der Waals surface area (Å²) in [6, 6.07) is 6.21. The van der Waals surface area contributed by atoms with E-state index in [1.807, 2.05) is 0 Å². The summed E-state index contributed by atoms with van der Waals surface area (Å²) < 4.78 is 31.4. The summed E-state index contributed by atoms with van der Waals surface area (Å²) in [5.41, 5.74) is 0. The van der Waals surface area contributed by atoms with Gasteiger partial charge in [-0.3, -0.25) is 0 Å². The van der Waals surface area contributed by atoms with Crippen LogP contribution in [0, 0.1) is 3.57 Å². The Morgan fingerprint density at radius 3 is 2.44 bits per heavy atom. The van der Waals surface area contributed by atoms with E-state index in [9.17, 15) is 13.2 Å². The minimum Gasteiger partial charge on any atom is -0.479 e. The van der Waals surface area contributed by atoms with Crippen molar-refractivity contribution in [3.05, 3.63) is 27.8 Å². The number of rotatable bonds is 6. The van der Waals surface area contributed by atoms with E-state index >= 15 is 0 Å². The molecule has 0 radical (unpaired) electrons. The number of methoxy groups -OCH3 is 1. The van der Waals surface area contributed by atoms with Crippen molar-refractivity contribution in [2.45, 2.75) is 11.0 Å². The van der Waals surface area contributed by atoms with Crippen molar-refractivity contribution in [3.8, 4) is 0 Å². The monoisotopic (exact) mass is 385 g/mol. The summed E-state index contributed by atoms with van der Waals surface area (Å²) in [5, 5.41) is 8.72. The molecule has 8 heteroatoms. The van der Waals surface area contributed by atoms with Gasteiger partial charge in [-0.05, 0) is 46.9 Å². The lowest BCUT2D eigenvalue weighted by Crippen LogP contribution is -2.37. The molecule has 1 atom stereocenters. The first-order valence-electron chi connectivity index (χ1n) is 4.87. The lowest BCUT2D eigenvalue weighted by molar-refractivity contribution is -0.147. The van der Waals surface area contributed by atoms with Crippen LogP contribution in [0.3, 0.4) is 0 Å². The third-order valence-corrected chi connectivity index (χ3v) is 4.30. The molecule has 0 saturated carbocycles. The van der Waals surface area contributed by atoms with Crippen molar-refractivity contribution in [3.63, 3.8) is 0 Å². The van der Waals surface area contributed by atoms with Gasteiger partial charge in [-0.25, -0.2) is 17.9 Å². The van der Waals surface area contributed by atoms with Crippen LogP contribution in [-0.2, 0) is 19.6 Å². The maximum atomic E-state index is 11.8. The summed E-state index contributed by atoms with van der Waals surface area (Å²) in [6.07, 6.45) is -1.20. The van der Waals surface area contributed by atoms with Crippen LogP contribution in [0.1, 0.15) is 0 Å². The van der Waals surface area contributed by atoms with Gasteiger partial charge in [0, 0.05) is 17.2 Å². The van der Waals surface area contributed by atoms with E-state index in [1.165, 1.54) is 19.2 Å². The zero-order valence-corrected chi connectivity index (χ0v) is 12.4. The van der Waals surface area contributed by atoms with Crippen molar-refractivity contribution in [1.29, 1.82) is 0 Å². The molecule has 0 spiro atoms. The number of ether oxygens (including phenoxy) is 1. The largest absolute Gasteiger partial charge is 0.479 e. The Balaban J connectivity index is 2.76. The Hall–Kier alpha value is -0.710. The molecule has 6 nitrogen and oxygen atoms in total. The number of carbonyl (C=O) groups is 1. The van der Waals surface area contributed by atoms with Crippen LogP contribution < -0.4 is 4.72 Å². The number of carboxylic acid groups (broad SMARTS) is 1. The fourth-order valence-electron chi connectivity index (χ4n) is 1.15.